The number of hydrogen-bond acceptors (Lipinski definition) is 3. The van der Waals surface area contributed by atoms with Crippen molar-refractivity contribution >= 4 is 74.3 Å². The molecule has 2 aliphatic heterocycles. The van der Waals surface area contributed by atoms with E-state index in [1.807, 2.05) is 66.7 Å². The summed E-state index contributed by atoms with van der Waals surface area (Å²) in [5, 5.41) is 0. The Bertz CT molecular complexity index is 4280. The zero-order valence-electron chi connectivity index (χ0n) is 53.7. The number of benzene rings is 9. The van der Waals surface area contributed by atoms with Crippen molar-refractivity contribution in [1.82, 2.24) is 0 Å². The van der Waals surface area contributed by atoms with Gasteiger partial charge in [0.1, 0.15) is 0 Å². The van der Waals surface area contributed by atoms with E-state index < -0.39 is 121 Å². The van der Waals surface area contributed by atoms with E-state index in [0.717, 1.165) is 70.4 Å². The zero-order valence-corrected chi connectivity index (χ0v) is 34.7. The average Bonchev–Trinajstić information content (AvgIpc) is 1.28. The molecule has 0 saturated heterocycles. The summed E-state index contributed by atoms with van der Waals surface area (Å²) in [4.78, 5) is 4.70. The summed E-state index contributed by atoms with van der Waals surface area (Å²) >= 11 is 0. The van der Waals surface area contributed by atoms with Gasteiger partial charge in [0.15, 0.2) is 0 Å². The van der Waals surface area contributed by atoms with Gasteiger partial charge >= 0.3 is 0 Å². The molecule has 0 spiro atoms. The summed E-state index contributed by atoms with van der Waals surface area (Å²) < 4.78 is 170. The van der Waals surface area contributed by atoms with Gasteiger partial charge in [0.05, 0.1) is 26.0 Å². The molecule has 5 aliphatic rings. The molecule has 2 heterocycles. The minimum absolute atomic E-state index is 0.0413. The lowest BCUT2D eigenvalue weighted by molar-refractivity contribution is 0.400. The summed E-state index contributed by atoms with van der Waals surface area (Å²) in [5.41, 5.74) is 8.04. The maximum atomic E-state index is 9.72. The van der Waals surface area contributed by atoms with E-state index in [4.69, 9.17) is 20.6 Å². The molecular formula is C61H46BN3. The third-order valence-corrected chi connectivity index (χ3v) is 14.0. The maximum Gasteiger partial charge on any atom is 0.252 e. The van der Waals surface area contributed by atoms with Crippen LogP contribution in [-0.2, 0) is 5.41 Å². The standard InChI is InChI=1S/C61H46BN3/c1-5-16-45(17-6-1)63(46-18-7-2-8-19-46)49-34-35-50-51-38-41(28-36-52(51)61(43-30-31-43,44-32-33-44)53(50)40-49)42-29-37-57-55(39-42)62-54-24-13-14-25-56(54)64(47-20-9-3-10-21-47)58-26-15-27-59(60(58)62)65(57)48-22-11-4-12-23-48/h1-29,34-40,43-44H,30-33H2/i1D,2D,3D,5D,6D,7D,8D,9D,10D,13D,14D,16D,17D,18D,19D,20D,21D,24D,25D. The number of rotatable bonds is 8. The summed E-state index contributed by atoms with van der Waals surface area (Å²) in [7, 11) is 0. The normalized spacial score (nSPS) is 20.1. The molecule has 14 rings (SSSR count). The van der Waals surface area contributed by atoms with Gasteiger partial charge in [-0.25, -0.2) is 0 Å². The van der Waals surface area contributed by atoms with Crippen molar-refractivity contribution in [3.05, 3.63) is 229 Å². The third-order valence-electron chi connectivity index (χ3n) is 14.0. The molecule has 65 heavy (non-hydrogen) atoms. The molecule has 0 aromatic heterocycles. The molecule has 3 aliphatic carbocycles. The first-order chi connectivity index (χ1) is 40.1. The molecule has 308 valence electrons. The van der Waals surface area contributed by atoms with Crippen molar-refractivity contribution in [2.75, 3.05) is 14.7 Å². The Kier molecular flexibility index (Phi) is 5.01. The van der Waals surface area contributed by atoms with Crippen molar-refractivity contribution in [3.8, 4) is 22.3 Å². The van der Waals surface area contributed by atoms with Crippen LogP contribution in [0, 0.1) is 11.8 Å². The van der Waals surface area contributed by atoms with Crippen LogP contribution in [-0.4, -0.2) is 6.71 Å². The van der Waals surface area contributed by atoms with Gasteiger partial charge in [-0.15, -0.1) is 0 Å². The first-order valence-corrected chi connectivity index (χ1v) is 22.0. The molecule has 9 aromatic rings. The number of anilines is 9. The minimum Gasteiger partial charge on any atom is -0.311 e. The van der Waals surface area contributed by atoms with Gasteiger partial charge in [0, 0.05) is 56.6 Å². The fourth-order valence-electron chi connectivity index (χ4n) is 11.3. The summed E-state index contributed by atoms with van der Waals surface area (Å²) in [6, 6.07) is 21.9. The zero-order chi connectivity index (χ0) is 59.2. The Balaban J connectivity index is 0.992. The SMILES string of the molecule is [2H]c1c([2H])c([2H])c(N(c2ccc3c(c2)C(C2CC2)(C2CC2)c2ccc(-c4ccc5c(c4)B4c6c(cccc6N(c6c([2H])c([2H])c([2H])c([2H])c6[2H])c6c([2H])c([2H])c([2H])c([2H])c64)N5c4ccccc4)cc2-3)c2c([2H])c([2H])c([2H])c([2H])c2[2H])c([2H])c1[2H]. The molecule has 0 unspecified atom stereocenters. The van der Waals surface area contributed by atoms with Crippen LogP contribution < -0.4 is 31.1 Å². The van der Waals surface area contributed by atoms with Gasteiger partial charge in [-0.05, 0) is 178 Å². The highest BCUT2D eigenvalue weighted by Gasteiger charge is 2.60. The van der Waals surface area contributed by atoms with Gasteiger partial charge in [-0.1, -0.05) is 127 Å². The second-order valence-corrected chi connectivity index (χ2v) is 17.3. The lowest BCUT2D eigenvalue weighted by atomic mass is 9.33. The molecule has 3 nitrogen and oxygen atoms in total. The number of hydrogen-bond donors (Lipinski definition) is 0. The first kappa shape index (κ1) is 22.9. The predicted octanol–water partition coefficient (Wildman–Crippen LogP) is 14.0. The minimum atomic E-state index is -0.872. The van der Waals surface area contributed by atoms with Crippen molar-refractivity contribution in [2.24, 2.45) is 11.8 Å². The smallest absolute Gasteiger partial charge is 0.252 e. The topological polar surface area (TPSA) is 9.72 Å². The maximum absolute atomic E-state index is 9.72. The Morgan fingerprint density at radius 2 is 1.06 bits per heavy atom. The Morgan fingerprint density at radius 1 is 0.446 bits per heavy atom. The fraction of sp³-hybridized carbons (Fsp3) is 0.115. The van der Waals surface area contributed by atoms with E-state index in [-0.39, 0.29) is 51.8 Å². The third kappa shape index (κ3) is 5.50. The molecule has 2 saturated carbocycles. The first-order valence-electron chi connectivity index (χ1n) is 31.5. The molecule has 0 atom stereocenters. The van der Waals surface area contributed by atoms with E-state index in [1.54, 1.807) is 18.2 Å². The highest BCUT2D eigenvalue weighted by atomic mass is 15.2. The lowest BCUT2D eigenvalue weighted by Crippen LogP contribution is -2.61. The molecule has 9 aromatic carbocycles. The van der Waals surface area contributed by atoms with Gasteiger partial charge in [0.2, 0.25) is 0 Å². The molecule has 0 bridgehead atoms. The monoisotopic (exact) mass is 850 g/mol. The van der Waals surface area contributed by atoms with Crippen LogP contribution in [0.1, 0.15) is 62.9 Å². The van der Waals surface area contributed by atoms with Gasteiger partial charge in [0.25, 0.3) is 6.71 Å². The van der Waals surface area contributed by atoms with E-state index in [2.05, 4.69) is 23.1 Å². The Hall–Kier alpha value is -7.56. The highest BCUT2D eigenvalue weighted by molar-refractivity contribution is 7.00. The van der Waals surface area contributed by atoms with Crippen LogP contribution in [0.2, 0.25) is 0 Å². The number of fused-ring (bicyclic) bond motifs is 7. The molecular weight excluding hydrogens is 786 g/mol. The Labute approximate surface area is 408 Å². The lowest BCUT2D eigenvalue weighted by Gasteiger charge is -2.44. The van der Waals surface area contributed by atoms with Crippen LogP contribution in [0.5, 0.6) is 0 Å². The van der Waals surface area contributed by atoms with Crippen molar-refractivity contribution in [1.29, 1.82) is 0 Å². The summed E-state index contributed by atoms with van der Waals surface area (Å²) in [5.74, 6) is 0.424. The Morgan fingerprint density at radius 3 is 1.75 bits per heavy atom. The van der Waals surface area contributed by atoms with Crippen LogP contribution in [0.25, 0.3) is 22.3 Å². The number of para-hydroxylation sites is 5. The van der Waals surface area contributed by atoms with Gasteiger partial charge in [-0.2, -0.15) is 0 Å². The largest absolute Gasteiger partial charge is 0.311 e. The number of nitrogens with zero attached hydrogens (tertiary/aromatic N) is 3. The summed E-state index contributed by atoms with van der Waals surface area (Å²) in [6.07, 6.45) is 3.72. The highest BCUT2D eigenvalue weighted by Crippen LogP contribution is 2.68. The van der Waals surface area contributed by atoms with Crippen molar-refractivity contribution < 1.29 is 26.0 Å². The van der Waals surface area contributed by atoms with E-state index in [0.29, 0.717) is 22.3 Å². The van der Waals surface area contributed by atoms with Gasteiger partial charge in [-0.3, -0.25) is 0 Å². The summed E-state index contributed by atoms with van der Waals surface area (Å²) in [6.45, 7) is -0.872. The van der Waals surface area contributed by atoms with Crippen LogP contribution in [0.15, 0.2) is 218 Å². The second kappa shape index (κ2) is 14.2. The van der Waals surface area contributed by atoms with Gasteiger partial charge < -0.3 is 14.7 Å². The predicted molar refractivity (Wildman–Crippen MR) is 272 cm³/mol. The van der Waals surface area contributed by atoms with Crippen molar-refractivity contribution in [3.63, 3.8) is 0 Å². The van der Waals surface area contributed by atoms with Crippen LogP contribution in [0.4, 0.5) is 51.2 Å². The molecule has 0 radical (unpaired) electrons. The van der Waals surface area contributed by atoms with Crippen molar-refractivity contribution in [2.45, 2.75) is 31.1 Å². The van der Waals surface area contributed by atoms with Crippen LogP contribution >= 0.6 is 0 Å². The quantitative estimate of drug-likeness (QED) is 0.141. The molecule has 2 fully saturated rings. The fourth-order valence-corrected chi connectivity index (χ4v) is 11.3. The molecule has 0 N–H and O–H groups in total. The van der Waals surface area contributed by atoms with Crippen LogP contribution in [0.3, 0.4) is 0 Å². The van der Waals surface area contributed by atoms with E-state index >= 15 is 0 Å². The van der Waals surface area contributed by atoms with E-state index in [1.165, 1.54) is 9.80 Å². The average molecular weight is 851 g/mol. The molecule has 4 heteroatoms. The molecule has 0 amide bonds. The second-order valence-electron chi connectivity index (χ2n) is 17.3. The van der Waals surface area contributed by atoms with E-state index in [9.17, 15) is 5.48 Å².